The molecule has 3 atom stereocenters. The van der Waals surface area contributed by atoms with Crippen LogP contribution in [0.3, 0.4) is 0 Å². The highest BCUT2D eigenvalue weighted by molar-refractivity contribution is 8.29. The number of fused-ring (bicyclic) bond motifs is 1. The molecule has 0 aliphatic carbocycles. The van der Waals surface area contributed by atoms with Crippen LogP contribution in [0.25, 0.3) is 0 Å². The van der Waals surface area contributed by atoms with Crippen molar-refractivity contribution in [2.24, 2.45) is 10.7 Å². The number of amides is 1. The molecule has 1 unspecified atom stereocenters. The summed E-state index contributed by atoms with van der Waals surface area (Å²) in [6, 6.07) is 4.53. The van der Waals surface area contributed by atoms with Crippen LogP contribution >= 0.6 is 10.5 Å². The molecule has 0 bridgehead atoms. The van der Waals surface area contributed by atoms with Crippen molar-refractivity contribution in [2.75, 3.05) is 24.2 Å². The fraction of sp³-hybridized carbons (Fsp3) is 0.478. The fourth-order valence-electron chi connectivity index (χ4n) is 4.34. The fourth-order valence-corrected chi connectivity index (χ4v) is 7.40. The topological polar surface area (TPSA) is 138 Å². The summed E-state index contributed by atoms with van der Waals surface area (Å²) in [6.45, 7) is 2.30. The maximum Gasteiger partial charge on any atom is 0.340 e. The number of nitrogens with one attached hydrogen (secondary N) is 2. The van der Waals surface area contributed by atoms with Crippen molar-refractivity contribution in [3.63, 3.8) is 0 Å². The average molecular weight is 562 g/mol. The number of nitrogens with two attached hydrogens (primary N) is 1. The SMILES string of the molecule is C[C@@]12CCCNS1([O-])C[C@@](C)(c1nc(NC(=O)c3ccc(OCC(F)(F)C(F)F)cn3)ccc1F)N=C2N. The molecule has 208 valence electrons. The maximum absolute atomic E-state index is 15.0. The summed E-state index contributed by atoms with van der Waals surface area (Å²) in [5.41, 5.74) is 4.53. The number of ether oxygens (including phenoxy) is 1. The third-order valence-electron chi connectivity index (χ3n) is 6.60. The van der Waals surface area contributed by atoms with E-state index >= 15 is 0 Å². The number of amidine groups is 1. The third-order valence-corrected chi connectivity index (χ3v) is 10.1. The first-order chi connectivity index (χ1) is 17.7. The van der Waals surface area contributed by atoms with Gasteiger partial charge in [-0.3, -0.25) is 25.0 Å². The monoisotopic (exact) mass is 561 g/mol. The van der Waals surface area contributed by atoms with Crippen LogP contribution in [0.15, 0.2) is 35.5 Å². The number of carbonyl (C=O) groups excluding carboxylic acids is 1. The largest absolute Gasteiger partial charge is 0.800 e. The lowest BCUT2D eigenvalue weighted by molar-refractivity contribution is -0.148. The van der Waals surface area contributed by atoms with Crippen molar-refractivity contribution < 1.29 is 36.0 Å². The Morgan fingerprint density at radius 2 is 2.05 bits per heavy atom. The second kappa shape index (κ2) is 9.93. The first-order valence-electron chi connectivity index (χ1n) is 11.5. The second-order valence-corrected chi connectivity index (χ2v) is 12.4. The molecule has 0 radical (unpaired) electrons. The number of hydrogen-bond acceptors (Lipinski definition) is 8. The zero-order chi connectivity index (χ0) is 27.9. The number of aliphatic imine (C=N–C) groups is 1. The minimum absolute atomic E-state index is 0.0495. The molecule has 4 rings (SSSR count). The van der Waals surface area contributed by atoms with Crippen molar-refractivity contribution >= 4 is 28.1 Å². The molecule has 15 heteroatoms. The van der Waals surface area contributed by atoms with E-state index in [9.17, 15) is 31.3 Å². The lowest BCUT2D eigenvalue weighted by Crippen LogP contribution is -2.60. The molecule has 0 saturated carbocycles. The lowest BCUT2D eigenvalue weighted by atomic mass is 9.96. The Labute approximate surface area is 216 Å². The molecule has 0 spiro atoms. The van der Waals surface area contributed by atoms with Gasteiger partial charge in [0.15, 0.2) is 6.61 Å². The van der Waals surface area contributed by atoms with E-state index in [4.69, 9.17) is 5.73 Å². The van der Waals surface area contributed by atoms with E-state index in [1.807, 2.05) is 0 Å². The molecule has 2 aliphatic heterocycles. The van der Waals surface area contributed by atoms with E-state index in [1.165, 1.54) is 6.07 Å². The number of halogens is 5. The Morgan fingerprint density at radius 3 is 2.71 bits per heavy atom. The van der Waals surface area contributed by atoms with Crippen molar-refractivity contribution in [3.8, 4) is 5.75 Å². The van der Waals surface area contributed by atoms with Gasteiger partial charge in [-0.1, -0.05) is 0 Å². The zero-order valence-electron chi connectivity index (χ0n) is 20.4. The van der Waals surface area contributed by atoms with E-state index in [1.54, 1.807) is 13.8 Å². The Balaban J connectivity index is 1.52. The van der Waals surface area contributed by atoms with Gasteiger partial charge in [0.2, 0.25) is 0 Å². The van der Waals surface area contributed by atoms with Crippen LogP contribution < -0.4 is 20.5 Å². The summed E-state index contributed by atoms with van der Waals surface area (Å²) in [5.74, 6) is -6.07. The smallest absolute Gasteiger partial charge is 0.340 e. The molecule has 0 aromatic carbocycles. The van der Waals surface area contributed by atoms with Gasteiger partial charge >= 0.3 is 12.3 Å². The van der Waals surface area contributed by atoms with Crippen LogP contribution in [0, 0.1) is 5.82 Å². The summed E-state index contributed by atoms with van der Waals surface area (Å²) >= 11 is 0. The van der Waals surface area contributed by atoms with E-state index in [-0.39, 0.29) is 34.5 Å². The third kappa shape index (κ3) is 5.14. The van der Waals surface area contributed by atoms with Crippen LogP contribution in [0.4, 0.5) is 27.8 Å². The molecule has 38 heavy (non-hydrogen) atoms. The molecule has 9 nitrogen and oxygen atoms in total. The maximum atomic E-state index is 15.0. The first-order valence-corrected chi connectivity index (χ1v) is 13.3. The van der Waals surface area contributed by atoms with E-state index < -0.39 is 51.5 Å². The molecule has 2 aromatic heterocycles. The van der Waals surface area contributed by atoms with Gasteiger partial charge in [-0.2, -0.15) is 8.78 Å². The number of alkyl halides is 4. The van der Waals surface area contributed by atoms with E-state index in [0.29, 0.717) is 13.0 Å². The predicted molar refractivity (Wildman–Crippen MR) is 131 cm³/mol. The Kier molecular flexibility index (Phi) is 7.31. The minimum Gasteiger partial charge on any atom is -0.800 e. The Bertz CT molecular complexity index is 1250. The summed E-state index contributed by atoms with van der Waals surface area (Å²) in [5, 5.41) is 2.45. The molecule has 1 amide bonds. The van der Waals surface area contributed by atoms with Crippen LogP contribution in [-0.4, -0.2) is 62.3 Å². The number of carbonyl (C=O) groups is 1. The molecular weight excluding hydrogens is 535 g/mol. The number of nitrogens with zero attached hydrogens (tertiary/aromatic N) is 3. The molecule has 4 heterocycles. The summed E-state index contributed by atoms with van der Waals surface area (Å²) in [7, 11) is -2.77. The molecular formula is C23H26F5N6O3S-. The van der Waals surface area contributed by atoms with Gasteiger partial charge in [-0.15, -0.1) is 0 Å². The predicted octanol–water partition coefficient (Wildman–Crippen LogP) is 3.73. The molecule has 2 aromatic rings. The van der Waals surface area contributed by atoms with Gasteiger partial charge in [0.1, 0.15) is 40.1 Å². The standard InChI is InChI=1S/C23H27F5N6O3S/c1-21(12-38(36)22(2,20(29)34-21)8-3-9-31-38)17-14(24)5-7-16(32-17)33-18(35)15-6-4-13(10-30-15)37-11-23(27,28)19(25)26/h4-7,10,19,31,36H,3,8-9,11-12H2,1-2H3,(H2,29,34)(H,32,33,35)/p-1/t21-,22-/m0/s1. The van der Waals surface area contributed by atoms with Crippen LogP contribution in [0.2, 0.25) is 0 Å². The summed E-state index contributed by atoms with van der Waals surface area (Å²) in [4.78, 5) is 25.2. The normalized spacial score (nSPS) is 29.1. The van der Waals surface area contributed by atoms with Crippen LogP contribution in [0.1, 0.15) is 42.9 Å². The van der Waals surface area contributed by atoms with Gasteiger partial charge in [0.05, 0.1) is 10.9 Å². The lowest BCUT2D eigenvalue weighted by Gasteiger charge is -2.66. The van der Waals surface area contributed by atoms with Crippen molar-refractivity contribution in [1.29, 1.82) is 0 Å². The molecule has 2 aliphatic rings. The highest BCUT2D eigenvalue weighted by Crippen LogP contribution is 2.62. The molecule has 1 fully saturated rings. The average Bonchev–Trinajstić information content (AvgIpc) is 2.85. The van der Waals surface area contributed by atoms with E-state index in [2.05, 4.69) is 29.7 Å². The second-order valence-electron chi connectivity index (χ2n) is 9.53. The first kappa shape index (κ1) is 28.0. The van der Waals surface area contributed by atoms with Crippen LogP contribution in [0.5, 0.6) is 5.75 Å². The quantitative estimate of drug-likeness (QED) is 0.438. The highest BCUT2D eigenvalue weighted by atomic mass is 32.3. The van der Waals surface area contributed by atoms with Crippen LogP contribution in [-0.2, 0) is 5.54 Å². The van der Waals surface area contributed by atoms with Gasteiger partial charge in [0.25, 0.3) is 5.91 Å². The number of hydrogen-bond donors (Lipinski definition) is 3. The van der Waals surface area contributed by atoms with Gasteiger partial charge in [-0.25, -0.2) is 23.1 Å². The number of pyridine rings is 2. The number of aromatic nitrogens is 2. The Hall–Kier alpha value is -3.04. The van der Waals surface area contributed by atoms with Gasteiger partial charge < -0.3 is 20.3 Å². The highest BCUT2D eigenvalue weighted by Gasteiger charge is 2.50. The van der Waals surface area contributed by atoms with Crippen molar-refractivity contribution in [3.05, 3.63) is 47.7 Å². The Morgan fingerprint density at radius 1 is 1.32 bits per heavy atom. The van der Waals surface area contributed by atoms with E-state index in [0.717, 1.165) is 30.8 Å². The van der Waals surface area contributed by atoms with Gasteiger partial charge in [0, 0.05) is 12.3 Å². The molecule has 1 saturated heterocycles. The molecule has 4 N–H and O–H groups in total. The zero-order valence-corrected chi connectivity index (χ0v) is 21.3. The number of anilines is 1. The van der Waals surface area contributed by atoms with Crippen molar-refractivity contribution in [2.45, 2.75) is 49.3 Å². The number of rotatable bonds is 7. The van der Waals surface area contributed by atoms with Gasteiger partial charge in [-0.05, 0) is 51.0 Å². The minimum atomic E-state index is -4.34. The summed E-state index contributed by atoms with van der Waals surface area (Å²) in [6.07, 6.45) is -1.64. The summed E-state index contributed by atoms with van der Waals surface area (Å²) < 4.78 is 86.2. The van der Waals surface area contributed by atoms with Crippen molar-refractivity contribution in [1.82, 2.24) is 14.7 Å².